The van der Waals surface area contributed by atoms with Crippen LogP contribution in [-0.2, 0) is 0 Å². The summed E-state index contributed by atoms with van der Waals surface area (Å²) in [5, 5.41) is 10.9. The molecule has 0 aliphatic rings. The standard InChI is InChI=1S/C14H10BrClN4/c15-10-3-1-9(2-4-10)13-18-14(20-19-13)17-12-7-5-11(16)6-8-12/h1-8H,(H2,17,18,19,20). The molecule has 1 heterocycles. The molecule has 0 aliphatic carbocycles. The van der Waals surface area contributed by atoms with Crippen LogP contribution in [0.5, 0.6) is 0 Å². The van der Waals surface area contributed by atoms with Crippen LogP contribution in [0.4, 0.5) is 11.6 Å². The molecule has 0 unspecified atom stereocenters. The van der Waals surface area contributed by atoms with E-state index in [1.165, 1.54) is 0 Å². The molecule has 0 amide bonds. The molecule has 2 aromatic carbocycles. The third-order valence-corrected chi connectivity index (χ3v) is 3.48. The Balaban J connectivity index is 1.80. The molecule has 3 aromatic rings. The quantitative estimate of drug-likeness (QED) is 0.725. The van der Waals surface area contributed by atoms with Crippen LogP contribution in [0.25, 0.3) is 11.4 Å². The van der Waals surface area contributed by atoms with Crippen molar-refractivity contribution in [3.63, 3.8) is 0 Å². The number of nitrogens with zero attached hydrogens (tertiary/aromatic N) is 2. The number of anilines is 2. The average Bonchev–Trinajstić information content (AvgIpc) is 2.91. The maximum Gasteiger partial charge on any atom is 0.246 e. The molecule has 0 atom stereocenters. The van der Waals surface area contributed by atoms with E-state index in [0.717, 1.165) is 15.7 Å². The molecule has 0 aliphatic heterocycles. The fourth-order valence-corrected chi connectivity index (χ4v) is 2.11. The van der Waals surface area contributed by atoms with Crippen LogP contribution in [0.1, 0.15) is 0 Å². The minimum atomic E-state index is 0.519. The van der Waals surface area contributed by atoms with Crippen LogP contribution in [-0.4, -0.2) is 15.2 Å². The highest BCUT2D eigenvalue weighted by molar-refractivity contribution is 9.10. The monoisotopic (exact) mass is 348 g/mol. The van der Waals surface area contributed by atoms with Crippen LogP contribution in [0.3, 0.4) is 0 Å². The minimum absolute atomic E-state index is 0.519. The van der Waals surface area contributed by atoms with Crippen molar-refractivity contribution in [3.8, 4) is 11.4 Å². The summed E-state index contributed by atoms with van der Waals surface area (Å²) < 4.78 is 1.03. The molecule has 0 bridgehead atoms. The maximum absolute atomic E-state index is 5.84. The molecule has 0 radical (unpaired) electrons. The van der Waals surface area contributed by atoms with Gasteiger partial charge in [-0.25, -0.2) is 0 Å². The summed E-state index contributed by atoms with van der Waals surface area (Å²) in [5.74, 6) is 1.24. The predicted molar refractivity (Wildman–Crippen MR) is 84.3 cm³/mol. The predicted octanol–water partition coefficient (Wildman–Crippen LogP) is 4.63. The molecule has 100 valence electrons. The summed E-state index contributed by atoms with van der Waals surface area (Å²) in [4.78, 5) is 4.40. The van der Waals surface area contributed by atoms with Gasteiger partial charge in [0.25, 0.3) is 0 Å². The van der Waals surface area contributed by atoms with E-state index in [2.05, 4.69) is 36.4 Å². The second kappa shape index (κ2) is 5.64. The van der Waals surface area contributed by atoms with Gasteiger partial charge in [-0.3, -0.25) is 5.10 Å². The number of halogens is 2. The number of hydrogen-bond donors (Lipinski definition) is 2. The molecule has 1 aromatic heterocycles. The normalized spacial score (nSPS) is 10.5. The largest absolute Gasteiger partial charge is 0.323 e. The Bertz CT molecular complexity index is 707. The van der Waals surface area contributed by atoms with Gasteiger partial charge in [-0.2, -0.15) is 4.98 Å². The van der Waals surface area contributed by atoms with Crippen LogP contribution < -0.4 is 5.32 Å². The highest BCUT2D eigenvalue weighted by atomic mass is 79.9. The van der Waals surface area contributed by atoms with Crippen LogP contribution >= 0.6 is 27.5 Å². The lowest BCUT2D eigenvalue weighted by molar-refractivity contribution is 1.10. The SMILES string of the molecule is Clc1ccc(Nc2n[nH]c(-c3ccc(Br)cc3)n2)cc1. The van der Waals surface area contributed by atoms with Crippen molar-refractivity contribution in [2.75, 3.05) is 5.32 Å². The highest BCUT2D eigenvalue weighted by Gasteiger charge is 2.05. The van der Waals surface area contributed by atoms with Crippen LogP contribution in [0, 0.1) is 0 Å². The molecule has 0 fully saturated rings. The summed E-state index contributed by atoms with van der Waals surface area (Å²) >= 11 is 9.25. The zero-order valence-electron chi connectivity index (χ0n) is 10.3. The Labute approximate surface area is 129 Å². The Hall–Kier alpha value is -1.85. The number of rotatable bonds is 3. The Morgan fingerprint density at radius 3 is 2.40 bits per heavy atom. The van der Waals surface area contributed by atoms with E-state index in [1.807, 2.05) is 48.5 Å². The molecule has 0 saturated heterocycles. The molecule has 3 rings (SSSR count). The summed E-state index contributed by atoms with van der Waals surface area (Å²) in [7, 11) is 0. The third kappa shape index (κ3) is 3.00. The minimum Gasteiger partial charge on any atom is -0.323 e. The molecule has 4 nitrogen and oxygen atoms in total. The molecular weight excluding hydrogens is 340 g/mol. The van der Waals surface area contributed by atoms with E-state index >= 15 is 0 Å². The molecule has 20 heavy (non-hydrogen) atoms. The lowest BCUT2D eigenvalue weighted by atomic mass is 10.2. The molecular formula is C14H10BrClN4. The van der Waals surface area contributed by atoms with Gasteiger partial charge in [-0.1, -0.05) is 39.7 Å². The number of nitrogens with one attached hydrogen (secondary N) is 2. The summed E-state index contributed by atoms with van der Waals surface area (Å²) in [6.45, 7) is 0. The smallest absolute Gasteiger partial charge is 0.246 e. The summed E-state index contributed by atoms with van der Waals surface area (Å²) in [6.07, 6.45) is 0. The second-order valence-electron chi connectivity index (χ2n) is 4.15. The van der Waals surface area contributed by atoms with Crippen LogP contribution in [0.15, 0.2) is 53.0 Å². The van der Waals surface area contributed by atoms with Gasteiger partial charge < -0.3 is 5.32 Å². The van der Waals surface area contributed by atoms with E-state index in [4.69, 9.17) is 11.6 Å². The van der Waals surface area contributed by atoms with Crippen molar-refractivity contribution in [1.82, 2.24) is 15.2 Å². The van der Waals surface area contributed by atoms with Gasteiger partial charge in [-0.05, 0) is 36.4 Å². The lowest BCUT2D eigenvalue weighted by Crippen LogP contribution is -1.91. The van der Waals surface area contributed by atoms with Crippen molar-refractivity contribution < 1.29 is 0 Å². The fraction of sp³-hybridized carbons (Fsp3) is 0. The van der Waals surface area contributed by atoms with Gasteiger partial charge in [0.15, 0.2) is 5.82 Å². The van der Waals surface area contributed by atoms with Gasteiger partial charge >= 0.3 is 0 Å². The van der Waals surface area contributed by atoms with Crippen molar-refractivity contribution in [1.29, 1.82) is 0 Å². The number of hydrogen-bond acceptors (Lipinski definition) is 3. The zero-order valence-corrected chi connectivity index (χ0v) is 12.6. The molecule has 6 heteroatoms. The van der Waals surface area contributed by atoms with Crippen molar-refractivity contribution >= 4 is 39.2 Å². The summed E-state index contributed by atoms with van der Waals surface area (Å²) in [6, 6.07) is 15.2. The molecule has 2 N–H and O–H groups in total. The number of aromatic nitrogens is 3. The lowest BCUT2D eigenvalue weighted by Gasteiger charge is -2.00. The van der Waals surface area contributed by atoms with E-state index in [1.54, 1.807) is 0 Å². The Morgan fingerprint density at radius 2 is 1.70 bits per heavy atom. The molecule has 0 spiro atoms. The zero-order chi connectivity index (χ0) is 13.9. The van der Waals surface area contributed by atoms with Gasteiger partial charge in [0.2, 0.25) is 5.95 Å². The van der Waals surface area contributed by atoms with E-state index in [0.29, 0.717) is 16.8 Å². The maximum atomic E-state index is 5.84. The first-order valence-corrected chi connectivity index (χ1v) is 7.09. The van der Waals surface area contributed by atoms with Crippen molar-refractivity contribution in [3.05, 3.63) is 58.0 Å². The van der Waals surface area contributed by atoms with Gasteiger partial charge in [0, 0.05) is 20.7 Å². The average molecular weight is 350 g/mol. The number of H-pyrrole nitrogens is 1. The molecule has 0 saturated carbocycles. The van der Waals surface area contributed by atoms with E-state index in [9.17, 15) is 0 Å². The highest BCUT2D eigenvalue weighted by Crippen LogP contribution is 2.21. The topological polar surface area (TPSA) is 53.6 Å². The fourth-order valence-electron chi connectivity index (χ4n) is 1.72. The number of aromatic amines is 1. The van der Waals surface area contributed by atoms with Gasteiger partial charge in [0.05, 0.1) is 0 Å². The third-order valence-electron chi connectivity index (χ3n) is 2.70. The first-order valence-electron chi connectivity index (χ1n) is 5.92. The van der Waals surface area contributed by atoms with E-state index in [-0.39, 0.29) is 0 Å². The van der Waals surface area contributed by atoms with Gasteiger partial charge in [0.1, 0.15) is 0 Å². The Morgan fingerprint density at radius 1 is 1.00 bits per heavy atom. The van der Waals surface area contributed by atoms with E-state index < -0.39 is 0 Å². The first kappa shape index (κ1) is 13.1. The Kier molecular flexibility index (Phi) is 3.71. The summed E-state index contributed by atoms with van der Waals surface area (Å²) in [5.41, 5.74) is 1.86. The second-order valence-corrected chi connectivity index (χ2v) is 5.50. The number of benzene rings is 2. The van der Waals surface area contributed by atoms with Crippen molar-refractivity contribution in [2.45, 2.75) is 0 Å². The van der Waals surface area contributed by atoms with Crippen molar-refractivity contribution in [2.24, 2.45) is 0 Å². The first-order chi connectivity index (χ1) is 9.70. The van der Waals surface area contributed by atoms with Gasteiger partial charge in [-0.15, -0.1) is 5.10 Å². The van der Waals surface area contributed by atoms with Crippen LogP contribution in [0.2, 0.25) is 5.02 Å².